The first-order valence-electron chi connectivity index (χ1n) is 9.22. The molecule has 0 saturated carbocycles. The van der Waals surface area contributed by atoms with Crippen LogP contribution in [0.15, 0.2) is 60.7 Å². The number of carbonyl (C=O) groups excluding carboxylic acids is 1. The van der Waals surface area contributed by atoms with Crippen molar-refractivity contribution >= 4 is 11.6 Å². The van der Waals surface area contributed by atoms with E-state index in [1.54, 1.807) is 19.2 Å². The van der Waals surface area contributed by atoms with Crippen LogP contribution in [0.1, 0.15) is 32.6 Å². The number of carbonyl (C=O) groups is 1. The molecule has 28 heavy (non-hydrogen) atoms. The minimum absolute atomic E-state index is 0.154. The predicted octanol–water partition coefficient (Wildman–Crippen LogP) is 5.45. The molecule has 0 unspecified atom stereocenters. The number of benzene rings is 3. The molecule has 0 fully saturated rings. The summed E-state index contributed by atoms with van der Waals surface area (Å²) < 4.78 is 11.3. The van der Waals surface area contributed by atoms with Crippen LogP contribution in [0.4, 0.5) is 5.69 Å². The maximum Gasteiger partial charge on any atom is 0.255 e. The third kappa shape index (κ3) is 4.52. The molecule has 0 spiro atoms. The van der Waals surface area contributed by atoms with Gasteiger partial charge in [-0.3, -0.25) is 4.79 Å². The van der Waals surface area contributed by atoms with Crippen LogP contribution in [0.2, 0.25) is 0 Å². The van der Waals surface area contributed by atoms with E-state index in [1.807, 2.05) is 57.2 Å². The Balaban J connectivity index is 1.81. The van der Waals surface area contributed by atoms with Crippen LogP contribution in [-0.4, -0.2) is 13.0 Å². The number of hydrogen-bond acceptors (Lipinski definition) is 3. The molecule has 4 nitrogen and oxygen atoms in total. The van der Waals surface area contributed by atoms with Gasteiger partial charge in [0.1, 0.15) is 18.1 Å². The Morgan fingerprint density at radius 2 is 1.61 bits per heavy atom. The Kier molecular flexibility index (Phi) is 5.99. The van der Waals surface area contributed by atoms with Gasteiger partial charge in [0.05, 0.1) is 7.11 Å². The van der Waals surface area contributed by atoms with Gasteiger partial charge >= 0.3 is 0 Å². The lowest BCUT2D eigenvalue weighted by atomic mass is 10.0. The summed E-state index contributed by atoms with van der Waals surface area (Å²) in [5, 5.41) is 3.04. The number of methoxy groups -OCH3 is 1. The first kappa shape index (κ1) is 19.5. The van der Waals surface area contributed by atoms with Crippen molar-refractivity contribution in [2.75, 3.05) is 12.4 Å². The summed E-state index contributed by atoms with van der Waals surface area (Å²) in [6, 6.07) is 19.1. The van der Waals surface area contributed by atoms with Gasteiger partial charge in [-0.1, -0.05) is 35.9 Å². The van der Waals surface area contributed by atoms with Crippen molar-refractivity contribution in [2.45, 2.75) is 27.4 Å². The summed E-state index contributed by atoms with van der Waals surface area (Å²) in [6.45, 7) is 6.37. The third-order valence-corrected chi connectivity index (χ3v) is 4.60. The lowest BCUT2D eigenvalue weighted by molar-refractivity contribution is 0.102. The van der Waals surface area contributed by atoms with Crippen LogP contribution < -0.4 is 14.8 Å². The lowest BCUT2D eigenvalue weighted by Crippen LogP contribution is -2.14. The number of para-hydroxylation sites is 1. The van der Waals surface area contributed by atoms with E-state index in [4.69, 9.17) is 9.47 Å². The van der Waals surface area contributed by atoms with Gasteiger partial charge in [-0.25, -0.2) is 0 Å². The van der Waals surface area contributed by atoms with E-state index in [1.165, 1.54) is 5.56 Å². The maximum absolute atomic E-state index is 12.8. The fraction of sp³-hybridized carbons (Fsp3) is 0.208. The molecule has 0 aliphatic heterocycles. The summed E-state index contributed by atoms with van der Waals surface area (Å²) in [5.41, 5.74) is 5.51. The van der Waals surface area contributed by atoms with Crippen LogP contribution in [-0.2, 0) is 6.61 Å². The minimum atomic E-state index is -0.154. The van der Waals surface area contributed by atoms with Gasteiger partial charge < -0.3 is 14.8 Å². The second kappa shape index (κ2) is 8.61. The van der Waals surface area contributed by atoms with Crippen molar-refractivity contribution in [3.05, 3.63) is 88.5 Å². The standard InChI is InChI=1S/C24H25NO3/c1-16-12-17(2)23(18(3)13-16)25-24(26)19-10-11-22(27-4)20(14-19)15-28-21-8-6-5-7-9-21/h5-14H,15H2,1-4H3,(H,25,26). The zero-order valence-corrected chi connectivity index (χ0v) is 16.7. The molecule has 144 valence electrons. The normalized spacial score (nSPS) is 10.4. The second-order valence-electron chi connectivity index (χ2n) is 6.86. The molecule has 0 atom stereocenters. The van der Waals surface area contributed by atoms with E-state index in [-0.39, 0.29) is 5.91 Å². The van der Waals surface area contributed by atoms with Crippen molar-refractivity contribution in [3.63, 3.8) is 0 Å². The van der Waals surface area contributed by atoms with Gasteiger partial charge in [0.25, 0.3) is 5.91 Å². The highest BCUT2D eigenvalue weighted by atomic mass is 16.5. The number of anilines is 1. The van der Waals surface area contributed by atoms with E-state index in [2.05, 4.69) is 17.4 Å². The Morgan fingerprint density at radius 1 is 0.929 bits per heavy atom. The van der Waals surface area contributed by atoms with Crippen LogP contribution >= 0.6 is 0 Å². The number of nitrogens with one attached hydrogen (secondary N) is 1. The van der Waals surface area contributed by atoms with Gasteiger partial charge in [-0.2, -0.15) is 0 Å². The minimum Gasteiger partial charge on any atom is -0.496 e. The van der Waals surface area contributed by atoms with Crippen LogP contribution in [0.5, 0.6) is 11.5 Å². The lowest BCUT2D eigenvalue weighted by Gasteiger charge is -2.15. The number of hydrogen-bond donors (Lipinski definition) is 1. The molecule has 0 aromatic heterocycles. The topological polar surface area (TPSA) is 47.6 Å². The van der Waals surface area contributed by atoms with Crippen molar-refractivity contribution in [3.8, 4) is 11.5 Å². The number of ether oxygens (including phenoxy) is 2. The van der Waals surface area contributed by atoms with Gasteiger partial charge in [0.2, 0.25) is 0 Å². The van der Waals surface area contributed by atoms with Crippen LogP contribution in [0.3, 0.4) is 0 Å². The Morgan fingerprint density at radius 3 is 2.25 bits per heavy atom. The Labute approximate surface area is 166 Å². The zero-order valence-electron chi connectivity index (χ0n) is 16.7. The summed E-state index contributed by atoms with van der Waals surface area (Å²) in [5.74, 6) is 1.30. The molecule has 1 N–H and O–H groups in total. The van der Waals surface area contributed by atoms with Crippen molar-refractivity contribution < 1.29 is 14.3 Å². The summed E-state index contributed by atoms with van der Waals surface area (Å²) in [7, 11) is 1.61. The molecule has 0 saturated heterocycles. The predicted molar refractivity (Wildman–Crippen MR) is 112 cm³/mol. The monoisotopic (exact) mass is 375 g/mol. The maximum atomic E-state index is 12.8. The third-order valence-electron chi connectivity index (χ3n) is 4.60. The highest BCUT2D eigenvalue weighted by molar-refractivity contribution is 6.05. The van der Waals surface area contributed by atoms with E-state index in [0.717, 1.165) is 28.1 Å². The van der Waals surface area contributed by atoms with Crippen molar-refractivity contribution in [1.82, 2.24) is 0 Å². The van der Waals surface area contributed by atoms with Gasteiger partial charge in [-0.05, 0) is 62.2 Å². The van der Waals surface area contributed by atoms with Gasteiger partial charge in [0.15, 0.2) is 0 Å². The number of amides is 1. The highest BCUT2D eigenvalue weighted by Gasteiger charge is 2.13. The SMILES string of the molecule is COc1ccc(C(=O)Nc2c(C)cc(C)cc2C)cc1COc1ccccc1. The fourth-order valence-electron chi connectivity index (χ4n) is 3.27. The van der Waals surface area contributed by atoms with Crippen LogP contribution in [0.25, 0.3) is 0 Å². The van der Waals surface area contributed by atoms with E-state index < -0.39 is 0 Å². The molecule has 0 heterocycles. The molecule has 0 radical (unpaired) electrons. The number of aryl methyl sites for hydroxylation is 3. The first-order valence-corrected chi connectivity index (χ1v) is 9.22. The molecule has 3 rings (SSSR count). The van der Waals surface area contributed by atoms with E-state index in [9.17, 15) is 4.79 Å². The molecule has 0 aliphatic rings. The quantitative estimate of drug-likeness (QED) is 0.623. The summed E-state index contributed by atoms with van der Waals surface area (Å²) >= 11 is 0. The number of rotatable bonds is 6. The second-order valence-corrected chi connectivity index (χ2v) is 6.86. The molecule has 0 aliphatic carbocycles. The molecular formula is C24H25NO3. The van der Waals surface area contributed by atoms with E-state index in [0.29, 0.717) is 17.9 Å². The fourth-order valence-corrected chi connectivity index (χ4v) is 3.27. The smallest absolute Gasteiger partial charge is 0.255 e. The summed E-state index contributed by atoms with van der Waals surface area (Å²) in [4.78, 5) is 12.8. The first-order chi connectivity index (χ1) is 13.5. The molecule has 0 bridgehead atoms. The molecule has 3 aromatic rings. The molecule has 3 aromatic carbocycles. The molecule has 1 amide bonds. The van der Waals surface area contributed by atoms with Crippen molar-refractivity contribution in [1.29, 1.82) is 0 Å². The zero-order chi connectivity index (χ0) is 20.1. The van der Waals surface area contributed by atoms with E-state index >= 15 is 0 Å². The van der Waals surface area contributed by atoms with Crippen LogP contribution in [0, 0.1) is 20.8 Å². The van der Waals surface area contributed by atoms with Crippen molar-refractivity contribution in [2.24, 2.45) is 0 Å². The molecule has 4 heteroatoms. The average Bonchev–Trinajstić information content (AvgIpc) is 2.69. The highest BCUT2D eigenvalue weighted by Crippen LogP contribution is 2.25. The van der Waals surface area contributed by atoms with Gasteiger partial charge in [0, 0.05) is 16.8 Å². The largest absolute Gasteiger partial charge is 0.496 e. The Bertz CT molecular complexity index is 957. The molecular weight excluding hydrogens is 350 g/mol. The average molecular weight is 375 g/mol. The van der Waals surface area contributed by atoms with Gasteiger partial charge in [-0.15, -0.1) is 0 Å². The summed E-state index contributed by atoms with van der Waals surface area (Å²) in [6.07, 6.45) is 0. The Hall–Kier alpha value is -3.27.